The summed E-state index contributed by atoms with van der Waals surface area (Å²) in [7, 11) is 8.81. The summed E-state index contributed by atoms with van der Waals surface area (Å²) >= 11 is 0. The van der Waals surface area contributed by atoms with Crippen LogP contribution < -0.4 is 9.80 Å². The second kappa shape index (κ2) is 4.97. The van der Waals surface area contributed by atoms with Gasteiger partial charge in [0.25, 0.3) is 0 Å². The topological polar surface area (TPSA) is 42.1 Å². The van der Waals surface area contributed by atoms with Crippen LogP contribution >= 0.6 is 0 Å². The van der Waals surface area contributed by atoms with Gasteiger partial charge in [-0.25, -0.2) is 0 Å². The first-order chi connectivity index (χ1) is 14.0. The van der Waals surface area contributed by atoms with E-state index in [2.05, 4.69) is 75.0 Å². The lowest BCUT2D eigenvalue weighted by Crippen LogP contribution is -2.53. The van der Waals surface area contributed by atoms with Crippen molar-refractivity contribution in [3.8, 4) is 0 Å². The molecule has 4 bridgehead atoms. The summed E-state index contributed by atoms with van der Waals surface area (Å²) in [6.45, 7) is 14.1. The number of hydrogen-bond acceptors (Lipinski definition) is 4. The molecule has 0 amide bonds. The molecule has 6 rings (SSSR count). The van der Waals surface area contributed by atoms with E-state index in [4.69, 9.17) is 16.8 Å². The summed E-state index contributed by atoms with van der Waals surface area (Å²) in [6, 6.07) is 0. The van der Waals surface area contributed by atoms with Gasteiger partial charge in [-0.2, -0.15) is 10.2 Å². The molecule has 6 heteroatoms. The summed E-state index contributed by atoms with van der Waals surface area (Å²) < 4.78 is 4.21. The van der Waals surface area contributed by atoms with E-state index in [9.17, 15) is 0 Å². The van der Waals surface area contributed by atoms with Crippen LogP contribution in [0.15, 0.2) is 6.58 Å². The minimum atomic E-state index is 0.0154. The SMILES string of the molecule is C=C1c2c(C)nn(C)c2N(C)C23CC1C1(C)c4c(C)nn(C)c4N(C)C(C)(CC12)C3. The molecular weight excluding hydrogens is 372 g/mol. The smallest absolute Gasteiger partial charge is 0.134 e. The summed E-state index contributed by atoms with van der Waals surface area (Å²) in [5, 5.41) is 9.77. The fourth-order valence-corrected chi connectivity index (χ4v) is 8.56. The zero-order chi connectivity index (χ0) is 21.5. The van der Waals surface area contributed by atoms with Gasteiger partial charge >= 0.3 is 0 Å². The average molecular weight is 407 g/mol. The van der Waals surface area contributed by atoms with Gasteiger partial charge in [-0.15, -0.1) is 0 Å². The molecule has 0 radical (unpaired) electrons. The fourth-order valence-electron chi connectivity index (χ4n) is 8.56. The Morgan fingerprint density at radius 3 is 2.23 bits per heavy atom. The maximum absolute atomic E-state index is 4.94. The summed E-state index contributed by atoms with van der Waals surface area (Å²) in [6.07, 6.45) is 3.52. The van der Waals surface area contributed by atoms with E-state index < -0.39 is 0 Å². The van der Waals surface area contributed by atoms with Gasteiger partial charge in [0.05, 0.1) is 11.4 Å². The molecule has 2 aliphatic carbocycles. The number of aromatic nitrogens is 4. The Bertz CT molecular complexity index is 1140. The van der Waals surface area contributed by atoms with Gasteiger partial charge in [-0.05, 0) is 57.4 Å². The molecule has 30 heavy (non-hydrogen) atoms. The van der Waals surface area contributed by atoms with Crippen LogP contribution in [0.2, 0.25) is 0 Å². The first kappa shape index (κ1) is 18.5. The van der Waals surface area contributed by atoms with E-state index in [1.807, 2.05) is 0 Å². The minimum absolute atomic E-state index is 0.0154. The van der Waals surface area contributed by atoms with Gasteiger partial charge in [-0.3, -0.25) is 9.36 Å². The number of aryl methyl sites for hydroxylation is 4. The van der Waals surface area contributed by atoms with Gasteiger partial charge in [0, 0.05) is 55.8 Å². The zero-order valence-electron chi connectivity index (χ0n) is 19.7. The van der Waals surface area contributed by atoms with Gasteiger partial charge in [-0.1, -0.05) is 13.5 Å². The Balaban J connectivity index is 1.74. The van der Waals surface area contributed by atoms with E-state index in [0.717, 1.165) is 18.5 Å². The van der Waals surface area contributed by atoms with Gasteiger partial charge in [0.15, 0.2) is 0 Å². The molecule has 6 nitrogen and oxygen atoms in total. The Morgan fingerprint density at radius 1 is 0.900 bits per heavy atom. The molecule has 0 N–H and O–H groups in total. The third kappa shape index (κ3) is 1.65. The molecule has 0 aromatic carbocycles. The maximum atomic E-state index is 4.94. The van der Waals surface area contributed by atoms with Crippen molar-refractivity contribution in [2.75, 3.05) is 23.9 Å². The molecule has 2 aromatic heterocycles. The molecule has 2 aliphatic heterocycles. The molecule has 2 saturated carbocycles. The standard InChI is InChI=1S/C24H34N6/c1-13-16-10-24(28(7)20-18(13)14(2)25-29(20)8)12-22(4)11-17(24)23(16,5)19-15(3)26-30(9)21(19)27(22)6/h16-17H,1,10-12H2,2-9H3. The van der Waals surface area contributed by atoms with Gasteiger partial charge in [0.1, 0.15) is 11.6 Å². The van der Waals surface area contributed by atoms with Gasteiger partial charge < -0.3 is 9.80 Å². The van der Waals surface area contributed by atoms with E-state index >= 15 is 0 Å². The van der Waals surface area contributed by atoms with Crippen LogP contribution in [0.25, 0.3) is 5.57 Å². The van der Waals surface area contributed by atoms with Crippen molar-refractivity contribution in [1.82, 2.24) is 19.6 Å². The van der Waals surface area contributed by atoms with E-state index in [-0.39, 0.29) is 16.5 Å². The molecule has 5 atom stereocenters. The van der Waals surface area contributed by atoms with Gasteiger partial charge in [0.2, 0.25) is 0 Å². The Hall–Kier alpha value is -2.24. The molecule has 2 aromatic rings. The molecular formula is C24H34N6. The van der Waals surface area contributed by atoms with Crippen LogP contribution in [0, 0.1) is 25.7 Å². The highest BCUT2D eigenvalue weighted by Gasteiger charge is 2.73. The first-order valence-corrected chi connectivity index (χ1v) is 11.2. The van der Waals surface area contributed by atoms with Crippen molar-refractivity contribution < 1.29 is 0 Å². The predicted octanol–water partition coefficient (Wildman–Crippen LogP) is 3.57. The Labute approximate surface area is 179 Å². The lowest BCUT2D eigenvalue weighted by molar-refractivity contribution is 0.259. The molecule has 160 valence electrons. The predicted molar refractivity (Wildman–Crippen MR) is 121 cm³/mol. The monoisotopic (exact) mass is 406 g/mol. The van der Waals surface area contributed by atoms with Crippen LogP contribution in [-0.2, 0) is 19.5 Å². The number of anilines is 2. The highest BCUT2D eigenvalue weighted by molar-refractivity contribution is 5.82. The minimum Gasteiger partial charge on any atom is -0.354 e. The maximum Gasteiger partial charge on any atom is 0.134 e. The van der Waals surface area contributed by atoms with Crippen LogP contribution in [-0.4, -0.2) is 44.7 Å². The van der Waals surface area contributed by atoms with Crippen molar-refractivity contribution in [1.29, 1.82) is 0 Å². The van der Waals surface area contributed by atoms with Crippen molar-refractivity contribution in [2.24, 2.45) is 25.9 Å². The first-order valence-electron chi connectivity index (χ1n) is 11.2. The zero-order valence-corrected chi connectivity index (χ0v) is 19.7. The third-order valence-electron chi connectivity index (χ3n) is 9.76. The fraction of sp³-hybridized carbons (Fsp3) is 0.667. The number of hydrogen-bond donors (Lipinski definition) is 0. The number of fused-ring (bicyclic) bond motifs is 6. The number of nitrogens with zero attached hydrogens (tertiary/aromatic N) is 6. The van der Waals surface area contributed by atoms with Crippen LogP contribution in [0.4, 0.5) is 11.6 Å². The number of allylic oxidation sites excluding steroid dienone is 1. The van der Waals surface area contributed by atoms with E-state index in [1.165, 1.54) is 40.5 Å². The second-order valence-corrected chi connectivity index (χ2v) is 11.0. The largest absolute Gasteiger partial charge is 0.354 e. The van der Waals surface area contributed by atoms with Crippen LogP contribution in [0.3, 0.4) is 0 Å². The van der Waals surface area contributed by atoms with E-state index in [1.54, 1.807) is 0 Å². The molecule has 5 unspecified atom stereocenters. The third-order valence-corrected chi connectivity index (χ3v) is 9.76. The highest BCUT2D eigenvalue weighted by Crippen LogP contribution is 2.72. The van der Waals surface area contributed by atoms with E-state index in [0.29, 0.717) is 11.8 Å². The average Bonchev–Trinajstić information content (AvgIpc) is 3.28. The Kier molecular flexibility index (Phi) is 3.07. The lowest BCUT2D eigenvalue weighted by Gasteiger charge is -2.47. The molecule has 1 spiro atoms. The molecule has 4 heterocycles. The molecule has 0 saturated heterocycles. The summed E-state index contributed by atoms with van der Waals surface area (Å²) in [4.78, 5) is 5.16. The van der Waals surface area contributed by atoms with Crippen molar-refractivity contribution in [3.05, 3.63) is 29.1 Å². The summed E-state index contributed by atoms with van der Waals surface area (Å²) in [5.74, 6) is 3.51. The van der Waals surface area contributed by atoms with Crippen molar-refractivity contribution in [2.45, 2.75) is 63.5 Å². The van der Waals surface area contributed by atoms with Crippen molar-refractivity contribution in [3.63, 3.8) is 0 Å². The molecule has 2 fully saturated rings. The van der Waals surface area contributed by atoms with Crippen LogP contribution in [0.1, 0.15) is 55.6 Å². The Morgan fingerprint density at radius 2 is 1.53 bits per heavy atom. The van der Waals surface area contributed by atoms with Crippen molar-refractivity contribution >= 4 is 17.2 Å². The second-order valence-electron chi connectivity index (χ2n) is 11.0. The van der Waals surface area contributed by atoms with Crippen LogP contribution in [0.5, 0.6) is 0 Å². The normalized spacial score (nSPS) is 38.6. The number of rotatable bonds is 0. The highest BCUT2D eigenvalue weighted by atomic mass is 15.4. The lowest BCUT2D eigenvalue weighted by atomic mass is 9.64. The quantitative estimate of drug-likeness (QED) is 0.671. The summed E-state index contributed by atoms with van der Waals surface area (Å²) in [5.41, 5.74) is 6.51. The molecule has 4 aliphatic rings.